The van der Waals surface area contributed by atoms with Crippen molar-refractivity contribution in [1.82, 2.24) is 9.80 Å². The van der Waals surface area contributed by atoms with Crippen LogP contribution in [-0.4, -0.2) is 48.9 Å². The second kappa shape index (κ2) is 6.55. The molecule has 0 aromatic rings. The summed E-state index contributed by atoms with van der Waals surface area (Å²) in [7, 11) is 4.12. The van der Waals surface area contributed by atoms with Crippen molar-refractivity contribution < 1.29 is 4.79 Å². The number of hydrogen-bond acceptors (Lipinski definition) is 2. The van der Waals surface area contributed by atoms with Crippen LogP contribution in [-0.2, 0) is 4.79 Å². The van der Waals surface area contributed by atoms with Crippen LogP contribution in [0.25, 0.3) is 0 Å². The lowest BCUT2D eigenvalue weighted by molar-refractivity contribution is -0.138. The van der Waals surface area contributed by atoms with Gasteiger partial charge in [-0.25, -0.2) is 0 Å². The van der Waals surface area contributed by atoms with Crippen molar-refractivity contribution >= 4 is 5.91 Å². The van der Waals surface area contributed by atoms with Crippen molar-refractivity contribution in [2.75, 3.05) is 27.2 Å². The molecule has 0 radical (unpaired) electrons. The summed E-state index contributed by atoms with van der Waals surface area (Å²) >= 11 is 0. The van der Waals surface area contributed by atoms with E-state index < -0.39 is 0 Å². The number of hydrogen-bond donors (Lipinski definition) is 0. The van der Waals surface area contributed by atoms with E-state index in [1.165, 1.54) is 32.1 Å². The topological polar surface area (TPSA) is 23.6 Å². The molecule has 3 nitrogen and oxygen atoms in total. The molecule has 0 N–H and O–H groups in total. The van der Waals surface area contributed by atoms with E-state index in [1.54, 1.807) is 0 Å². The Bertz CT molecular complexity index is 264. The third kappa shape index (κ3) is 4.60. The first-order valence-electron chi connectivity index (χ1n) is 7.28. The van der Waals surface area contributed by atoms with Gasteiger partial charge in [0.1, 0.15) is 0 Å². The van der Waals surface area contributed by atoms with Gasteiger partial charge in [-0.1, -0.05) is 40.0 Å². The minimum Gasteiger partial charge on any atom is -0.344 e. The molecule has 0 bridgehead atoms. The van der Waals surface area contributed by atoms with Gasteiger partial charge in [-0.3, -0.25) is 4.79 Å². The summed E-state index contributed by atoms with van der Waals surface area (Å²) < 4.78 is 0. The molecule has 0 aliphatic heterocycles. The molecule has 0 atom stereocenters. The Morgan fingerprint density at radius 2 is 1.61 bits per heavy atom. The fourth-order valence-electron chi connectivity index (χ4n) is 2.69. The van der Waals surface area contributed by atoms with E-state index in [0.29, 0.717) is 0 Å². The first kappa shape index (κ1) is 15.5. The molecule has 1 aliphatic rings. The van der Waals surface area contributed by atoms with Gasteiger partial charge in [-0.05, 0) is 19.9 Å². The first-order valence-corrected chi connectivity index (χ1v) is 7.28. The summed E-state index contributed by atoms with van der Waals surface area (Å²) in [5.41, 5.74) is -0.266. The number of nitrogens with zero attached hydrogens (tertiary/aromatic N) is 2. The van der Waals surface area contributed by atoms with Crippen LogP contribution in [0, 0.1) is 5.41 Å². The maximum Gasteiger partial charge on any atom is 0.227 e. The standard InChI is InChI=1S/C15H30N2O/c1-15(2,3)14(18)17(5)12-11-16(4)13-9-7-6-8-10-13/h13H,6-12H2,1-5H3. The van der Waals surface area contributed by atoms with Crippen LogP contribution in [0.4, 0.5) is 0 Å². The molecule has 0 spiro atoms. The molecule has 0 heterocycles. The van der Waals surface area contributed by atoms with Crippen molar-refractivity contribution in [1.29, 1.82) is 0 Å². The molecule has 3 heteroatoms. The van der Waals surface area contributed by atoms with Crippen molar-refractivity contribution in [3.05, 3.63) is 0 Å². The van der Waals surface area contributed by atoms with E-state index in [1.807, 2.05) is 32.7 Å². The fourth-order valence-corrected chi connectivity index (χ4v) is 2.69. The highest BCUT2D eigenvalue weighted by Gasteiger charge is 2.25. The minimum atomic E-state index is -0.266. The predicted molar refractivity (Wildman–Crippen MR) is 76.6 cm³/mol. The lowest BCUT2D eigenvalue weighted by Crippen LogP contribution is -2.43. The number of carbonyl (C=O) groups is 1. The summed E-state index contributed by atoms with van der Waals surface area (Å²) in [6, 6.07) is 0.733. The maximum absolute atomic E-state index is 12.1. The molecule has 106 valence electrons. The molecular weight excluding hydrogens is 224 g/mol. The van der Waals surface area contributed by atoms with Gasteiger partial charge in [0.15, 0.2) is 0 Å². The molecule has 1 amide bonds. The number of carbonyl (C=O) groups excluding carboxylic acids is 1. The van der Waals surface area contributed by atoms with Crippen LogP contribution in [0.15, 0.2) is 0 Å². The largest absolute Gasteiger partial charge is 0.344 e. The van der Waals surface area contributed by atoms with Gasteiger partial charge in [-0.15, -0.1) is 0 Å². The SMILES string of the molecule is CN(CCN(C)C1CCCCC1)C(=O)C(C)(C)C. The van der Waals surface area contributed by atoms with E-state index in [0.717, 1.165) is 19.1 Å². The van der Waals surface area contributed by atoms with Crippen LogP contribution >= 0.6 is 0 Å². The van der Waals surface area contributed by atoms with Crippen LogP contribution in [0.2, 0.25) is 0 Å². The number of amides is 1. The molecule has 1 rings (SSSR count). The summed E-state index contributed by atoms with van der Waals surface area (Å²) in [4.78, 5) is 16.4. The normalized spacial score (nSPS) is 18.1. The Kier molecular flexibility index (Phi) is 5.64. The highest BCUT2D eigenvalue weighted by atomic mass is 16.2. The van der Waals surface area contributed by atoms with E-state index in [-0.39, 0.29) is 11.3 Å². The Labute approximate surface area is 113 Å². The molecule has 18 heavy (non-hydrogen) atoms. The zero-order valence-corrected chi connectivity index (χ0v) is 12.8. The van der Waals surface area contributed by atoms with Gasteiger partial charge >= 0.3 is 0 Å². The van der Waals surface area contributed by atoms with Crippen LogP contribution in [0.1, 0.15) is 52.9 Å². The molecule has 1 saturated carbocycles. The third-order valence-corrected chi connectivity index (χ3v) is 3.97. The number of likely N-dealkylation sites (N-methyl/N-ethyl adjacent to an activating group) is 2. The van der Waals surface area contributed by atoms with Crippen molar-refractivity contribution in [3.63, 3.8) is 0 Å². The molecule has 0 unspecified atom stereocenters. The zero-order valence-electron chi connectivity index (χ0n) is 12.8. The third-order valence-electron chi connectivity index (χ3n) is 3.97. The van der Waals surface area contributed by atoms with Gasteiger partial charge < -0.3 is 9.80 Å². The van der Waals surface area contributed by atoms with E-state index >= 15 is 0 Å². The average molecular weight is 254 g/mol. The summed E-state index contributed by atoms with van der Waals surface area (Å²) in [6.07, 6.45) is 6.78. The summed E-state index contributed by atoms with van der Waals surface area (Å²) in [6.45, 7) is 7.77. The lowest BCUT2D eigenvalue weighted by Gasteiger charge is -2.33. The second-order valence-corrected chi connectivity index (χ2v) is 6.75. The Hall–Kier alpha value is -0.570. The van der Waals surface area contributed by atoms with Crippen molar-refractivity contribution in [2.24, 2.45) is 5.41 Å². The summed E-state index contributed by atoms with van der Waals surface area (Å²) in [5, 5.41) is 0. The monoisotopic (exact) mass is 254 g/mol. The zero-order chi connectivity index (χ0) is 13.8. The van der Waals surface area contributed by atoms with Crippen LogP contribution in [0.3, 0.4) is 0 Å². The van der Waals surface area contributed by atoms with Gasteiger partial charge in [-0.2, -0.15) is 0 Å². The van der Waals surface area contributed by atoms with Gasteiger partial charge in [0.05, 0.1) is 0 Å². The van der Waals surface area contributed by atoms with Crippen LogP contribution < -0.4 is 0 Å². The molecular formula is C15H30N2O. The quantitative estimate of drug-likeness (QED) is 0.770. The van der Waals surface area contributed by atoms with E-state index in [4.69, 9.17) is 0 Å². The molecule has 0 saturated heterocycles. The highest BCUT2D eigenvalue weighted by molar-refractivity contribution is 5.81. The van der Waals surface area contributed by atoms with E-state index in [9.17, 15) is 4.79 Å². The van der Waals surface area contributed by atoms with Crippen molar-refractivity contribution in [3.8, 4) is 0 Å². The molecule has 0 aromatic carbocycles. The minimum absolute atomic E-state index is 0.236. The first-order chi connectivity index (χ1) is 8.32. The predicted octanol–water partition coefficient (Wildman–Crippen LogP) is 2.76. The Balaban J connectivity index is 2.33. The highest BCUT2D eigenvalue weighted by Crippen LogP contribution is 2.21. The molecule has 0 aromatic heterocycles. The Morgan fingerprint density at radius 3 is 2.11 bits per heavy atom. The van der Waals surface area contributed by atoms with Gasteiger partial charge in [0.25, 0.3) is 0 Å². The fraction of sp³-hybridized carbons (Fsp3) is 0.933. The van der Waals surface area contributed by atoms with Gasteiger partial charge in [0, 0.05) is 31.6 Å². The Morgan fingerprint density at radius 1 is 1.06 bits per heavy atom. The molecule has 1 fully saturated rings. The van der Waals surface area contributed by atoms with Crippen LogP contribution in [0.5, 0.6) is 0 Å². The summed E-state index contributed by atoms with van der Waals surface area (Å²) in [5.74, 6) is 0.236. The smallest absolute Gasteiger partial charge is 0.227 e. The van der Waals surface area contributed by atoms with Crippen molar-refractivity contribution in [2.45, 2.75) is 58.9 Å². The second-order valence-electron chi connectivity index (χ2n) is 6.75. The number of rotatable bonds is 4. The average Bonchev–Trinajstić information content (AvgIpc) is 2.34. The lowest BCUT2D eigenvalue weighted by atomic mass is 9.94. The van der Waals surface area contributed by atoms with Gasteiger partial charge in [0.2, 0.25) is 5.91 Å². The van der Waals surface area contributed by atoms with E-state index in [2.05, 4.69) is 11.9 Å². The molecule has 1 aliphatic carbocycles. The maximum atomic E-state index is 12.1.